The third-order valence-corrected chi connectivity index (χ3v) is 4.34. The molecular formula is C21H21N3O5. The first-order valence-electron chi connectivity index (χ1n) is 9.10. The summed E-state index contributed by atoms with van der Waals surface area (Å²) < 4.78 is 11.4. The van der Waals surface area contributed by atoms with E-state index < -0.39 is 18.5 Å². The van der Waals surface area contributed by atoms with Gasteiger partial charge in [-0.15, -0.1) is 0 Å². The Morgan fingerprint density at radius 3 is 2.41 bits per heavy atom. The van der Waals surface area contributed by atoms with Crippen LogP contribution in [0.15, 0.2) is 53.3 Å². The van der Waals surface area contributed by atoms with Gasteiger partial charge < -0.3 is 14.8 Å². The zero-order valence-corrected chi connectivity index (χ0v) is 16.2. The van der Waals surface area contributed by atoms with Gasteiger partial charge in [0.2, 0.25) is 0 Å². The number of esters is 1. The van der Waals surface area contributed by atoms with Crippen LogP contribution in [0.25, 0.3) is 10.8 Å². The Morgan fingerprint density at radius 2 is 1.76 bits per heavy atom. The van der Waals surface area contributed by atoms with Crippen molar-refractivity contribution in [2.45, 2.75) is 20.0 Å². The van der Waals surface area contributed by atoms with E-state index in [1.165, 1.54) is 4.68 Å². The van der Waals surface area contributed by atoms with E-state index in [9.17, 15) is 14.4 Å². The van der Waals surface area contributed by atoms with E-state index >= 15 is 0 Å². The van der Waals surface area contributed by atoms with E-state index in [1.54, 1.807) is 50.4 Å². The van der Waals surface area contributed by atoms with Crippen molar-refractivity contribution in [3.05, 3.63) is 70.1 Å². The normalized spacial score (nSPS) is 10.6. The van der Waals surface area contributed by atoms with Gasteiger partial charge in [-0.3, -0.25) is 9.59 Å². The number of nitrogens with one attached hydrogen (secondary N) is 1. The molecule has 2 aromatic carbocycles. The first kappa shape index (κ1) is 20.1. The number of methoxy groups -OCH3 is 1. The minimum Gasteiger partial charge on any atom is -0.497 e. The van der Waals surface area contributed by atoms with E-state index in [2.05, 4.69) is 10.4 Å². The minimum absolute atomic E-state index is 0.00463. The van der Waals surface area contributed by atoms with Crippen LogP contribution < -0.4 is 15.6 Å². The SMILES string of the molecule is CCn1nc(C(=O)OCC(=O)NCc2ccc(OC)cc2)c2ccccc2c1=O. The van der Waals surface area contributed by atoms with Gasteiger partial charge in [-0.1, -0.05) is 30.3 Å². The van der Waals surface area contributed by atoms with Gasteiger partial charge in [-0.25, -0.2) is 9.48 Å². The number of hydrogen-bond donors (Lipinski definition) is 1. The Balaban J connectivity index is 1.65. The third-order valence-electron chi connectivity index (χ3n) is 4.34. The summed E-state index contributed by atoms with van der Waals surface area (Å²) in [6.45, 7) is 1.91. The van der Waals surface area contributed by atoms with E-state index in [-0.39, 0.29) is 11.3 Å². The summed E-state index contributed by atoms with van der Waals surface area (Å²) in [5.41, 5.74) is 0.607. The van der Waals surface area contributed by atoms with Gasteiger partial charge in [0, 0.05) is 18.5 Å². The maximum atomic E-state index is 12.5. The van der Waals surface area contributed by atoms with E-state index in [0.717, 1.165) is 11.3 Å². The van der Waals surface area contributed by atoms with Crippen molar-refractivity contribution in [2.24, 2.45) is 0 Å². The number of aryl methyl sites for hydroxylation is 1. The van der Waals surface area contributed by atoms with E-state index in [0.29, 0.717) is 23.9 Å². The molecule has 8 heteroatoms. The summed E-state index contributed by atoms with van der Waals surface area (Å²) in [6.07, 6.45) is 0. The van der Waals surface area contributed by atoms with Gasteiger partial charge in [-0.05, 0) is 30.7 Å². The molecule has 0 saturated carbocycles. The van der Waals surface area contributed by atoms with Gasteiger partial charge in [0.15, 0.2) is 12.3 Å². The Kier molecular flexibility index (Phi) is 6.23. The number of rotatable bonds is 7. The second kappa shape index (κ2) is 9.01. The fraction of sp³-hybridized carbons (Fsp3) is 0.238. The van der Waals surface area contributed by atoms with Crippen LogP contribution in [0.2, 0.25) is 0 Å². The van der Waals surface area contributed by atoms with Gasteiger partial charge >= 0.3 is 5.97 Å². The Hall–Kier alpha value is -3.68. The molecule has 0 aliphatic heterocycles. The van der Waals surface area contributed by atoms with Crippen LogP contribution in [0.1, 0.15) is 23.0 Å². The number of amides is 1. The first-order valence-corrected chi connectivity index (χ1v) is 9.10. The molecule has 8 nitrogen and oxygen atoms in total. The molecule has 150 valence electrons. The molecule has 29 heavy (non-hydrogen) atoms. The molecule has 0 unspecified atom stereocenters. The summed E-state index contributed by atoms with van der Waals surface area (Å²) in [5, 5.41) is 7.54. The van der Waals surface area contributed by atoms with Gasteiger partial charge in [0.05, 0.1) is 12.5 Å². The molecule has 0 fully saturated rings. The molecule has 0 bridgehead atoms. The lowest BCUT2D eigenvalue weighted by atomic mass is 10.1. The van der Waals surface area contributed by atoms with Crippen LogP contribution in [-0.2, 0) is 22.6 Å². The molecule has 0 atom stereocenters. The Bertz CT molecular complexity index is 1090. The number of nitrogens with zero attached hydrogens (tertiary/aromatic N) is 2. The molecule has 3 aromatic rings. The van der Waals surface area contributed by atoms with Crippen LogP contribution in [0.3, 0.4) is 0 Å². The average Bonchev–Trinajstić information content (AvgIpc) is 2.76. The maximum absolute atomic E-state index is 12.5. The minimum atomic E-state index is -0.761. The number of fused-ring (bicyclic) bond motifs is 1. The molecule has 1 N–H and O–H groups in total. The smallest absolute Gasteiger partial charge is 0.359 e. The number of aromatic nitrogens is 2. The molecule has 1 aromatic heterocycles. The fourth-order valence-electron chi connectivity index (χ4n) is 2.79. The largest absolute Gasteiger partial charge is 0.497 e. The molecule has 0 saturated heterocycles. The summed E-state index contributed by atoms with van der Waals surface area (Å²) >= 11 is 0. The van der Waals surface area contributed by atoms with Gasteiger partial charge in [-0.2, -0.15) is 5.10 Å². The molecule has 3 rings (SSSR count). The second-order valence-corrected chi connectivity index (χ2v) is 6.22. The van der Waals surface area contributed by atoms with Crippen LogP contribution >= 0.6 is 0 Å². The average molecular weight is 395 g/mol. The summed E-state index contributed by atoms with van der Waals surface area (Å²) in [4.78, 5) is 36.9. The number of benzene rings is 2. The highest BCUT2D eigenvalue weighted by atomic mass is 16.5. The van der Waals surface area contributed by atoms with E-state index in [4.69, 9.17) is 9.47 Å². The van der Waals surface area contributed by atoms with Crippen LogP contribution in [0.5, 0.6) is 5.75 Å². The lowest BCUT2D eigenvalue weighted by Crippen LogP contribution is -2.30. The number of carbonyl (C=O) groups is 2. The van der Waals surface area contributed by atoms with Crippen molar-refractivity contribution < 1.29 is 19.1 Å². The summed E-state index contributed by atoms with van der Waals surface area (Å²) in [6, 6.07) is 13.9. The molecule has 0 radical (unpaired) electrons. The molecule has 1 amide bonds. The van der Waals surface area contributed by atoms with Crippen LogP contribution in [-0.4, -0.2) is 35.4 Å². The number of carbonyl (C=O) groups excluding carboxylic acids is 2. The van der Waals surface area contributed by atoms with Gasteiger partial charge in [0.25, 0.3) is 11.5 Å². The predicted octanol–water partition coefficient (Wildman–Crippen LogP) is 1.90. The highest BCUT2D eigenvalue weighted by molar-refractivity contribution is 6.02. The standard InChI is InChI=1S/C21H21N3O5/c1-3-24-20(26)17-7-5-4-6-16(17)19(23-24)21(27)29-13-18(25)22-12-14-8-10-15(28-2)11-9-14/h4-11H,3,12-13H2,1-2H3,(H,22,25). The highest BCUT2D eigenvalue weighted by Gasteiger charge is 2.18. The van der Waals surface area contributed by atoms with Crippen molar-refractivity contribution in [1.29, 1.82) is 0 Å². The molecule has 0 aliphatic rings. The Morgan fingerprint density at radius 1 is 1.07 bits per heavy atom. The third kappa shape index (κ3) is 4.60. The highest BCUT2D eigenvalue weighted by Crippen LogP contribution is 2.14. The predicted molar refractivity (Wildman–Crippen MR) is 107 cm³/mol. The van der Waals surface area contributed by atoms with Crippen molar-refractivity contribution in [1.82, 2.24) is 15.1 Å². The van der Waals surface area contributed by atoms with Crippen molar-refractivity contribution in [2.75, 3.05) is 13.7 Å². The quantitative estimate of drug-likeness (QED) is 0.614. The van der Waals surface area contributed by atoms with Gasteiger partial charge in [0.1, 0.15) is 5.75 Å². The lowest BCUT2D eigenvalue weighted by molar-refractivity contribution is -0.124. The van der Waals surface area contributed by atoms with Crippen LogP contribution in [0.4, 0.5) is 0 Å². The molecule has 1 heterocycles. The monoisotopic (exact) mass is 395 g/mol. The lowest BCUT2D eigenvalue weighted by Gasteiger charge is -2.10. The first-order chi connectivity index (χ1) is 14.0. The van der Waals surface area contributed by atoms with Crippen LogP contribution in [0, 0.1) is 0 Å². The second-order valence-electron chi connectivity index (χ2n) is 6.22. The topological polar surface area (TPSA) is 99.5 Å². The van der Waals surface area contributed by atoms with Crippen molar-refractivity contribution in [3.8, 4) is 5.75 Å². The van der Waals surface area contributed by atoms with E-state index in [1.807, 2.05) is 12.1 Å². The number of ether oxygens (including phenoxy) is 2. The Labute approximate surface area is 167 Å². The maximum Gasteiger partial charge on any atom is 0.359 e. The molecule has 0 spiro atoms. The van der Waals surface area contributed by atoms with Crippen molar-refractivity contribution >= 4 is 22.6 Å². The summed E-state index contributed by atoms with van der Waals surface area (Å²) in [7, 11) is 1.58. The molecular weight excluding hydrogens is 374 g/mol. The zero-order valence-electron chi connectivity index (χ0n) is 16.2. The van der Waals surface area contributed by atoms with Crippen molar-refractivity contribution in [3.63, 3.8) is 0 Å². The zero-order chi connectivity index (χ0) is 20.8. The fourth-order valence-corrected chi connectivity index (χ4v) is 2.79. The molecule has 0 aliphatic carbocycles. The number of hydrogen-bond acceptors (Lipinski definition) is 6. The summed E-state index contributed by atoms with van der Waals surface area (Å²) in [5.74, 6) is -0.479.